The zero-order chi connectivity index (χ0) is 17.8. The molecule has 0 spiro atoms. The highest BCUT2D eigenvalue weighted by molar-refractivity contribution is 5.92. The second kappa shape index (κ2) is 7.34. The van der Waals surface area contributed by atoms with Gasteiger partial charge in [-0.25, -0.2) is 4.98 Å². The molecule has 4 heteroatoms. The molecule has 0 radical (unpaired) electrons. The van der Waals surface area contributed by atoms with Gasteiger partial charge in [0.1, 0.15) is 0 Å². The van der Waals surface area contributed by atoms with Gasteiger partial charge in [-0.2, -0.15) is 0 Å². The molecule has 0 saturated heterocycles. The molecule has 0 aliphatic heterocycles. The van der Waals surface area contributed by atoms with E-state index in [2.05, 4.69) is 4.98 Å². The third kappa shape index (κ3) is 4.15. The minimum Gasteiger partial charge on any atom is -0.441 e. The first-order chi connectivity index (χ1) is 12.0. The highest BCUT2D eigenvalue weighted by Gasteiger charge is 2.13. The van der Waals surface area contributed by atoms with Crippen molar-refractivity contribution in [3.05, 3.63) is 71.7 Å². The van der Waals surface area contributed by atoms with Gasteiger partial charge in [-0.05, 0) is 26.0 Å². The average molecular weight is 334 g/mol. The Morgan fingerprint density at radius 3 is 2.24 bits per heavy atom. The molecule has 0 saturated carbocycles. The highest BCUT2D eigenvalue weighted by Crippen LogP contribution is 2.21. The Kier molecular flexibility index (Phi) is 4.98. The summed E-state index contributed by atoms with van der Waals surface area (Å²) in [6, 6.07) is 16.0. The molecule has 1 amide bonds. The Labute approximate surface area is 148 Å². The van der Waals surface area contributed by atoms with Crippen LogP contribution in [0.5, 0.6) is 0 Å². The lowest BCUT2D eigenvalue weighted by atomic mass is 10.1. The van der Waals surface area contributed by atoms with Gasteiger partial charge in [0.25, 0.3) is 0 Å². The van der Waals surface area contributed by atoms with E-state index in [-0.39, 0.29) is 5.91 Å². The molecule has 3 aromatic rings. The lowest BCUT2D eigenvalue weighted by Crippen LogP contribution is -2.26. The van der Waals surface area contributed by atoms with E-state index in [4.69, 9.17) is 4.42 Å². The monoisotopic (exact) mass is 334 g/mol. The Morgan fingerprint density at radius 1 is 1.00 bits per heavy atom. The Balaban J connectivity index is 1.60. The maximum atomic E-state index is 12.4. The van der Waals surface area contributed by atoms with Crippen molar-refractivity contribution in [2.75, 3.05) is 11.9 Å². The summed E-state index contributed by atoms with van der Waals surface area (Å²) in [4.78, 5) is 18.3. The highest BCUT2D eigenvalue weighted by atomic mass is 16.4. The van der Waals surface area contributed by atoms with Gasteiger partial charge >= 0.3 is 0 Å². The Hall–Kier alpha value is -2.88. The van der Waals surface area contributed by atoms with Crippen LogP contribution < -0.4 is 4.90 Å². The molecule has 0 N–H and O–H groups in total. The van der Waals surface area contributed by atoms with Crippen LogP contribution in [0.1, 0.15) is 23.4 Å². The number of rotatable bonds is 5. The van der Waals surface area contributed by atoms with Crippen LogP contribution in [-0.2, 0) is 11.2 Å². The molecular weight excluding hydrogens is 312 g/mol. The van der Waals surface area contributed by atoms with Crippen LogP contribution >= 0.6 is 0 Å². The van der Waals surface area contributed by atoms with Gasteiger partial charge in [0.05, 0.1) is 6.20 Å². The fourth-order valence-corrected chi connectivity index (χ4v) is 2.57. The number of aromatic nitrogens is 1. The molecule has 4 nitrogen and oxygen atoms in total. The predicted octanol–water partition coefficient (Wildman–Crippen LogP) is 4.55. The summed E-state index contributed by atoms with van der Waals surface area (Å²) in [7, 11) is 1.79. The van der Waals surface area contributed by atoms with E-state index in [1.807, 2.05) is 62.4 Å². The molecule has 0 unspecified atom stereocenters. The first kappa shape index (κ1) is 17.0. The fraction of sp³-hybridized carbons (Fsp3) is 0.238. The van der Waals surface area contributed by atoms with Gasteiger partial charge in [0.2, 0.25) is 5.91 Å². The van der Waals surface area contributed by atoms with E-state index in [1.54, 1.807) is 18.1 Å². The topological polar surface area (TPSA) is 46.3 Å². The normalized spacial score (nSPS) is 10.7. The SMILES string of the molecule is Cc1ccc(-c2cnc(CCC(=O)N(C)c3ccc(C)cc3)o2)cc1. The van der Waals surface area contributed by atoms with Crippen molar-refractivity contribution in [1.29, 1.82) is 0 Å². The van der Waals surface area contributed by atoms with Crippen LogP contribution in [0.2, 0.25) is 0 Å². The largest absolute Gasteiger partial charge is 0.441 e. The molecule has 2 aromatic carbocycles. The fourth-order valence-electron chi connectivity index (χ4n) is 2.57. The minimum atomic E-state index is 0.0407. The second-order valence-electron chi connectivity index (χ2n) is 6.27. The summed E-state index contributed by atoms with van der Waals surface area (Å²) in [5.41, 5.74) is 4.26. The number of benzene rings is 2. The summed E-state index contributed by atoms with van der Waals surface area (Å²) in [6.45, 7) is 4.07. The van der Waals surface area contributed by atoms with Gasteiger partial charge < -0.3 is 9.32 Å². The maximum Gasteiger partial charge on any atom is 0.227 e. The molecule has 3 rings (SSSR count). The van der Waals surface area contributed by atoms with Crippen LogP contribution in [0.4, 0.5) is 5.69 Å². The van der Waals surface area contributed by atoms with Crippen molar-refractivity contribution < 1.29 is 9.21 Å². The number of carbonyl (C=O) groups excluding carboxylic acids is 1. The maximum absolute atomic E-state index is 12.4. The van der Waals surface area contributed by atoms with Gasteiger partial charge in [-0.3, -0.25) is 4.79 Å². The number of carbonyl (C=O) groups is 1. The minimum absolute atomic E-state index is 0.0407. The summed E-state index contributed by atoms with van der Waals surface area (Å²) in [6.07, 6.45) is 2.56. The summed E-state index contributed by atoms with van der Waals surface area (Å²) < 4.78 is 5.78. The van der Waals surface area contributed by atoms with Crippen LogP contribution in [-0.4, -0.2) is 17.9 Å². The quantitative estimate of drug-likeness (QED) is 0.687. The average Bonchev–Trinajstić information content (AvgIpc) is 3.09. The molecule has 0 aliphatic rings. The van der Waals surface area contributed by atoms with Crippen molar-refractivity contribution in [2.45, 2.75) is 26.7 Å². The van der Waals surface area contributed by atoms with Crippen LogP contribution in [0, 0.1) is 13.8 Å². The van der Waals surface area contributed by atoms with Gasteiger partial charge in [0.15, 0.2) is 11.7 Å². The molecule has 1 aromatic heterocycles. The van der Waals surface area contributed by atoms with Gasteiger partial charge in [0, 0.05) is 31.1 Å². The summed E-state index contributed by atoms with van der Waals surface area (Å²) >= 11 is 0. The lowest BCUT2D eigenvalue weighted by molar-refractivity contribution is -0.118. The number of anilines is 1. The number of amides is 1. The van der Waals surface area contributed by atoms with Gasteiger partial charge in [-0.15, -0.1) is 0 Å². The van der Waals surface area contributed by atoms with Crippen LogP contribution in [0.15, 0.2) is 59.1 Å². The van der Waals surface area contributed by atoms with E-state index < -0.39 is 0 Å². The molecular formula is C21H22N2O2. The van der Waals surface area contributed by atoms with Crippen molar-refractivity contribution >= 4 is 11.6 Å². The zero-order valence-electron chi connectivity index (χ0n) is 14.8. The third-order valence-electron chi connectivity index (χ3n) is 4.24. The van der Waals surface area contributed by atoms with Crippen molar-refractivity contribution in [2.24, 2.45) is 0 Å². The van der Waals surface area contributed by atoms with E-state index in [9.17, 15) is 4.79 Å². The van der Waals surface area contributed by atoms with Crippen molar-refractivity contribution in [1.82, 2.24) is 4.98 Å². The van der Waals surface area contributed by atoms with Crippen LogP contribution in [0.3, 0.4) is 0 Å². The molecule has 1 heterocycles. The Morgan fingerprint density at radius 2 is 1.60 bits per heavy atom. The number of oxazole rings is 1. The predicted molar refractivity (Wildman–Crippen MR) is 99.6 cm³/mol. The lowest BCUT2D eigenvalue weighted by Gasteiger charge is -2.17. The molecule has 0 aliphatic carbocycles. The Bertz CT molecular complexity index is 848. The summed E-state index contributed by atoms with van der Waals surface area (Å²) in [5, 5.41) is 0. The smallest absolute Gasteiger partial charge is 0.227 e. The first-order valence-electron chi connectivity index (χ1n) is 8.38. The number of hydrogen-bond acceptors (Lipinski definition) is 3. The van der Waals surface area contributed by atoms with E-state index in [1.165, 1.54) is 11.1 Å². The van der Waals surface area contributed by atoms with Crippen molar-refractivity contribution in [3.8, 4) is 11.3 Å². The molecule has 0 fully saturated rings. The first-order valence-corrected chi connectivity index (χ1v) is 8.38. The number of nitrogens with zero attached hydrogens (tertiary/aromatic N) is 2. The van der Waals surface area contributed by atoms with E-state index in [0.29, 0.717) is 18.7 Å². The van der Waals surface area contributed by atoms with E-state index in [0.717, 1.165) is 17.0 Å². The van der Waals surface area contributed by atoms with Gasteiger partial charge in [-0.1, -0.05) is 47.5 Å². The third-order valence-corrected chi connectivity index (χ3v) is 4.24. The summed E-state index contributed by atoms with van der Waals surface area (Å²) in [5.74, 6) is 1.36. The molecule has 128 valence electrons. The second-order valence-corrected chi connectivity index (χ2v) is 6.27. The van der Waals surface area contributed by atoms with Crippen LogP contribution in [0.25, 0.3) is 11.3 Å². The van der Waals surface area contributed by atoms with Crippen molar-refractivity contribution in [3.63, 3.8) is 0 Å². The number of hydrogen-bond donors (Lipinski definition) is 0. The van der Waals surface area contributed by atoms with E-state index >= 15 is 0 Å². The molecule has 0 atom stereocenters. The number of aryl methyl sites for hydroxylation is 3. The standard InChI is InChI=1S/C21H22N2O2/c1-15-4-8-17(9-5-15)19-14-22-20(25-19)12-13-21(24)23(3)18-10-6-16(2)7-11-18/h4-11,14H,12-13H2,1-3H3. The molecule has 25 heavy (non-hydrogen) atoms. The zero-order valence-corrected chi connectivity index (χ0v) is 14.8. The molecule has 0 bridgehead atoms.